The number of carbonyl (C=O) groups is 1. The summed E-state index contributed by atoms with van der Waals surface area (Å²) >= 11 is 0. The molecule has 5 heteroatoms. The van der Waals surface area contributed by atoms with Crippen LogP contribution in [0.25, 0.3) is 0 Å². The highest BCUT2D eigenvalue weighted by molar-refractivity contribution is 5.69. The molecule has 1 aliphatic heterocycles. The number of esters is 1. The number of hydrogen-bond acceptors (Lipinski definition) is 5. The second-order valence-corrected chi connectivity index (χ2v) is 8.05. The van der Waals surface area contributed by atoms with Gasteiger partial charge in [0, 0.05) is 12.3 Å². The molecule has 172 valence electrons. The summed E-state index contributed by atoms with van der Waals surface area (Å²) in [5.41, 5.74) is 0. The van der Waals surface area contributed by atoms with E-state index in [-0.39, 0.29) is 30.0 Å². The zero-order valence-corrected chi connectivity index (χ0v) is 19.7. The SMILES string of the molecule is CC#C/C=C/[C@H](O)C/C=C\C(C)C(/C=C\CCC(=O)OC)[C@@H]1OC(C)(C)O[C@@H]1/C=C/C. The lowest BCUT2D eigenvalue weighted by atomic mass is 9.85. The number of hydrogen-bond donors (Lipinski definition) is 1. The Labute approximate surface area is 187 Å². The fourth-order valence-corrected chi connectivity index (χ4v) is 3.48. The van der Waals surface area contributed by atoms with Crippen LogP contribution in [0.2, 0.25) is 0 Å². The Kier molecular flexibility index (Phi) is 12.2. The molecule has 0 spiro atoms. The van der Waals surface area contributed by atoms with Crippen molar-refractivity contribution in [2.24, 2.45) is 11.8 Å². The molecule has 0 amide bonds. The van der Waals surface area contributed by atoms with Crippen LogP contribution in [0.4, 0.5) is 0 Å². The second kappa shape index (κ2) is 14.0. The highest BCUT2D eigenvalue weighted by atomic mass is 16.7. The van der Waals surface area contributed by atoms with E-state index in [0.29, 0.717) is 19.3 Å². The van der Waals surface area contributed by atoms with Crippen LogP contribution < -0.4 is 0 Å². The molecule has 1 rings (SSSR count). The molecule has 1 aliphatic rings. The maximum Gasteiger partial charge on any atom is 0.305 e. The third-order valence-corrected chi connectivity index (χ3v) is 5.00. The van der Waals surface area contributed by atoms with Crippen molar-refractivity contribution in [1.82, 2.24) is 0 Å². The lowest BCUT2D eigenvalue weighted by molar-refractivity contribution is -0.147. The topological polar surface area (TPSA) is 65.0 Å². The molecule has 5 atom stereocenters. The first-order valence-electron chi connectivity index (χ1n) is 10.9. The van der Waals surface area contributed by atoms with Crippen LogP contribution in [0.5, 0.6) is 0 Å². The Hall–Kier alpha value is -2.13. The summed E-state index contributed by atoms with van der Waals surface area (Å²) < 4.78 is 17.1. The summed E-state index contributed by atoms with van der Waals surface area (Å²) in [4.78, 5) is 11.4. The average Bonchev–Trinajstić information content (AvgIpc) is 3.01. The van der Waals surface area contributed by atoms with Crippen LogP contribution in [0.15, 0.2) is 48.6 Å². The van der Waals surface area contributed by atoms with Crippen LogP contribution in [-0.4, -0.2) is 42.3 Å². The van der Waals surface area contributed by atoms with E-state index in [4.69, 9.17) is 14.2 Å². The Morgan fingerprint density at radius 3 is 2.61 bits per heavy atom. The quantitative estimate of drug-likeness (QED) is 0.292. The molecule has 1 heterocycles. The van der Waals surface area contributed by atoms with Gasteiger partial charge in [-0.3, -0.25) is 4.79 Å². The fraction of sp³-hybridized carbons (Fsp3) is 0.577. The van der Waals surface area contributed by atoms with Gasteiger partial charge >= 0.3 is 5.97 Å². The number of allylic oxidation sites excluding steroid dienone is 4. The lowest BCUT2D eigenvalue weighted by Gasteiger charge is -2.27. The summed E-state index contributed by atoms with van der Waals surface area (Å²) in [6.07, 6.45) is 16.1. The number of rotatable bonds is 11. The van der Waals surface area contributed by atoms with Gasteiger partial charge in [-0.1, -0.05) is 49.3 Å². The predicted molar refractivity (Wildman–Crippen MR) is 124 cm³/mol. The Balaban J connectivity index is 2.94. The van der Waals surface area contributed by atoms with Crippen LogP contribution in [0.1, 0.15) is 53.9 Å². The summed E-state index contributed by atoms with van der Waals surface area (Å²) in [5, 5.41) is 10.1. The molecule has 0 bridgehead atoms. The van der Waals surface area contributed by atoms with E-state index in [0.717, 1.165) is 0 Å². The van der Waals surface area contributed by atoms with Crippen LogP contribution in [0, 0.1) is 23.7 Å². The van der Waals surface area contributed by atoms with Crippen molar-refractivity contribution in [1.29, 1.82) is 0 Å². The van der Waals surface area contributed by atoms with E-state index in [1.165, 1.54) is 7.11 Å². The molecule has 31 heavy (non-hydrogen) atoms. The lowest BCUT2D eigenvalue weighted by Crippen LogP contribution is -2.32. The van der Waals surface area contributed by atoms with Gasteiger partial charge in [0.25, 0.3) is 0 Å². The summed E-state index contributed by atoms with van der Waals surface area (Å²) in [5.74, 6) is 4.85. The van der Waals surface area contributed by atoms with Crippen molar-refractivity contribution in [3.05, 3.63) is 48.6 Å². The van der Waals surface area contributed by atoms with E-state index >= 15 is 0 Å². The van der Waals surface area contributed by atoms with Gasteiger partial charge in [-0.25, -0.2) is 0 Å². The van der Waals surface area contributed by atoms with E-state index in [9.17, 15) is 9.90 Å². The minimum Gasteiger partial charge on any atom is -0.469 e. The Morgan fingerprint density at radius 2 is 1.97 bits per heavy atom. The van der Waals surface area contributed by atoms with Crippen molar-refractivity contribution in [2.45, 2.75) is 78.0 Å². The van der Waals surface area contributed by atoms with Crippen molar-refractivity contribution in [2.75, 3.05) is 7.11 Å². The van der Waals surface area contributed by atoms with Gasteiger partial charge in [0.2, 0.25) is 0 Å². The van der Waals surface area contributed by atoms with Crippen molar-refractivity contribution >= 4 is 5.97 Å². The van der Waals surface area contributed by atoms with Gasteiger partial charge in [-0.15, -0.1) is 5.92 Å². The Bertz CT molecular complexity index is 720. The predicted octanol–water partition coefficient (Wildman–Crippen LogP) is 4.73. The van der Waals surface area contributed by atoms with Crippen molar-refractivity contribution < 1.29 is 24.1 Å². The standard InChI is InChI=1S/C26H38O5/c1-7-9-10-16-21(27)17-13-15-20(3)22(18-11-12-19-24(28)29-6)25-23(14-8-2)30-26(4,5)31-25/h8,10-11,13-16,18,20-23,25,27H,12,17,19H2,1-6H3/b14-8+,15-13-,16-10+,18-11-/t20?,21-,22?,23+,25-/m0/s1. The average molecular weight is 431 g/mol. The molecular weight excluding hydrogens is 392 g/mol. The third kappa shape index (κ3) is 10.1. The number of carbonyl (C=O) groups excluding carboxylic acids is 1. The van der Waals surface area contributed by atoms with E-state index < -0.39 is 11.9 Å². The molecule has 1 N–H and O–H groups in total. The number of aliphatic hydroxyl groups is 1. The molecule has 0 saturated carbocycles. The molecule has 0 radical (unpaired) electrons. The number of methoxy groups -OCH3 is 1. The highest BCUT2D eigenvalue weighted by Crippen LogP contribution is 2.37. The highest BCUT2D eigenvalue weighted by Gasteiger charge is 2.44. The largest absolute Gasteiger partial charge is 0.469 e. The zero-order valence-electron chi connectivity index (χ0n) is 19.7. The van der Waals surface area contributed by atoms with Gasteiger partial charge in [0.05, 0.1) is 19.3 Å². The van der Waals surface area contributed by atoms with Gasteiger partial charge < -0.3 is 19.3 Å². The number of ether oxygens (including phenoxy) is 3. The maximum absolute atomic E-state index is 11.4. The minimum atomic E-state index is -0.669. The molecule has 0 aliphatic carbocycles. The van der Waals surface area contributed by atoms with Crippen LogP contribution in [-0.2, 0) is 19.0 Å². The number of aliphatic hydroxyl groups excluding tert-OH is 1. The van der Waals surface area contributed by atoms with Gasteiger partial charge in [-0.2, -0.15) is 0 Å². The van der Waals surface area contributed by atoms with Gasteiger partial charge in [-0.05, 0) is 58.6 Å². The zero-order chi connectivity index (χ0) is 23.3. The molecule has 5 nitrogen and oxygen atoms in total. The molecule has 1 fully saturated rings. The Morgan fingerprint density at radius 1 is 1.23 bits per heavy atom. The van der Waals surface area contributed by atoms with Gasteiger partial charge in [0.1, 0.15) is 6.10 Å². The summed E-state index contributed by atoms with van der Waals surface area (Å²) in [7, 11) is 1.40. The van der Waals surface area contributed by atoms with Gasteiger partial charge in [0.15, 0.2) is 5.79 Å². The molecular formula is C26H38O5. The monoisotopic (exact) mass is 430 g/mol. The van der Waals surface area contributed by atoms with Crippen molar-refractivity contribution in [3.63, 3.8) is 0 Å². The first-order chi connectivity index (χ1) is 14.7. The van der Waals surface area contributed by atoms with E-state index in [2.05, 4.69) is 30.9 Å². The molecule has 2 unspecified atom stereocenters. The normalized spacial score (nSPS) is 24.0. The van der Waals surface area contributed by atoms with E-state index in [1.807, 2.05) is 45.1 Å². The smallest absolute Gasteiger partial charge is 0.305 e. The summed E-state index contributed by atoms with van der Waals surface area (Å²) in [6.45, 7) is 9.69. The van der Waals surface area contributed by atoms with E-state index in [1.54, 1.807) is 19.1 Å². The molecule has 0 aromatic heterocycles. The fourth-order valence-electron chi connectivity index (χ4n) is 3.48. The third-order valence-electron chi connectivity index (χ3n) is 5.00. The molecule has 0 aromatic carbocycles. The molecule has 1 saturated heterocycles. The van der Waals surface area contributed by atoms with Crippen LogP contribution in [0.3, 0.4) is 0 Å². The first-order valence-corrected chi connectivity index (χ1v) is 10.9. The second-order valence-electron chi connectivity index (χ2n) is 8.05. The van der Waals surface area contributed by atoms with Crippen molar-refractivity contribution in [3.8, 4) is 11.8 Å². The first kappa shape index (κ1) is 26.9. The maximum atomic E-state index is 11.4. The summed E-state index contributed by atoms with van der Waals surface area (Å²) in [6, 6.07) is 0. The molecule has 0 aromatic rings. The van der Waals surface area contributed by atoms with Crippen LogP contribution >= 0.6 is 0 Å². The minimum absolute atomic E-state index is 0.0375.